The maximum atomic E-state index is 11.5. The second-order valence-electron chi connectivity index (χ2n) is 5.16. The van der Waals surface area contributed by atoms with E-state index in [1.807, 2.05) is 11.6 Å². The minimum absolute atomic E-state index is 0.210. The number of aryl methyl sites for hydroxylation is 1. The highest BCUT2D eigenvalue weighted by atomic mass is 32.2. The summed E-state index contributed by atoms with van der Waals surface area (Å²) >= 11 is 0. The first-order chi connectivity index (χ1) is 8.44. The maximum Gasteiger partial charge on any atom is 0.152 e. The average molecular weight is 272 g/mol. The number of hydrogen-bond donors (Lipinski definition) is 1. The lowest BCUT2D eigenvalue weighted by Crippen LogP contribution is -2.43. The fourth-order valence-corrected chi connectivity index (χ4v) is 4.39. The van der Waals surface area contributed by atoms with Crippen molar-refractivity contribution in [1.29, 1.82) is 0 Å². The summed E-state index contributed by atoms with van der Waals surface area (Å²) in [6, 6.07) is 0. The average Bonchev–Trinajstić information content (AvgIpc) is 2.82. The molecule has 6 nitrogen and oxygen atoms in total. The molecule has 0 amide bonds. The van der Waals surface area contributed by atoms with Crippen LogP contribution in [0, 0.1) is 0 Å². The van der Waals surface area contributed by atoms with Crippen LogP contribution in [0.5, 0.6) is 0 Å². The summed E-state index contributed by atoms with van der Waals surface area (Å²) in [5.41, 5.74) is -0.332. The molecule has 1 aliphatic rings. The van der Waals surface area contributed by atoms with Crippen LogP contribution in [-0.4, -0.2) is 40.2 Å². The third-order valence-electron chi connectivity index (χ3n) is 3.31. The Morgan fingerprint density at radius 3 is 2.94 bits per heavy atom. The van der Waals surface area contributed by atoms with Crippen molar-refractivity contribution in [1.82, 2.24) is 20.1 Å². The van der Waals surface area contributed by atoms with E-state index in [0.717, 1.165) is 18.8 Å². The van der Waals surface area contributed by atoms with Gasteiger partial charge in [-0.1, -0.05) is 6.92 Å². The molecule has 2 rings (SSSR count). The predicted octanol–water partition coefficient (Wildman–Crippen LogP) is 0.355. The van der Waals surface area contributed by atoms with Crippen LogP contribution in [0.3, 0.4) is 0 Å². The molecule has 1 saturated heterocycles. The smallest absolute Gasteiger partial charge is 0.152 e. The van der Waals surface area contributed by atoms with Gasteiger partial charge < -0.3 is 5.32 Å². The third kappa shape index (κ3) is 3.08. The molecule has 18 heavy (non-hydrogen) atoms. The number of nitrogens with one attached hydrogen (secondary N) is 1. The van der Waals surface area contributed by atoms with Crippen molar-refractivity contribution in [2.75, 3.05) is 11.5 Å². The lowest BCUT2D eigenvalue weighted by molar-refractivity contribution is 0.382. The van der Waals surface area contributed by atoms with E-state index in [9.17, 15) is 8.42 Å². The van der Waals surface area contributed by atoms with Gasteiger partial charge in [0.1, 0.15) is 12.2 Å². The lowest BCUT2D eigenvalue weighted by atomic mass is 10.0. The summed E-state index contributed by atoms with van der Waals surface area (Å²) < 4.78 is 24.9. The molecule has 0 saturated carbocycles. The van der Waals surface area contributed by atoms with Gasteiger partial charge in [-0.3, -0.25) is 0 Å². The normalized spacial score (nSPS) is 26.6. The van der Waals surface area contributed by atoms with E-state index < -0.39 is 9.84 Å². The van der Waals surface area contributed by atoms with Crippen LogP contribution in [0.2, 0.25) is 0 Å². The molecule has 1 fully saturated rings. The van der Waals surface area contributed by atoms with Gasteiger partial charge in [-0.05, 0) is 19.8 Å². The molecule has 1 aromatic heterocycles. The number of hydrogen-bond acceptors (Lipinski definition) is 5. The van der Waals surface area contributed by atoms with Gasteiger partial charge in [-0.15, -0.1) is 0 Å². The van der Waals surface area contributed by atoms with Crippen molar-refractivity contribution in [2.45, 2.75) is 45.3 Å². The van der Waals surface area contributed by atoms with Gasteiger partial charge in [0.05, 0.1) is 18.1 Å². The summed E-state index contributed by atoms with van der Waals surface area (Å²) in [6.45, 7) is 5.44. The standard InChI is InChI=1S/C11H20N4O2S/c1-3-5-15-10(12-9-14-15)7-13-11(2)4-6-18(16,17)8-11/h9,13H,3-8H2,1-2H3. The van der Waals surface area contributed by atoms with Crippen molar-refractivity contribution in [3.05, 3.63) is 12.2 Å². The zero-order valence-electron chi connectivity index (χ0n) is 10.9. The zero-order chi connectivity index (χ0) is 13.2. The van der Waals surface area contributed by atoms with Gasteiger partial charge in [0, 0.05) is 12.1 Å². The maximum absolute atomic E-state index is 11.5. The number of nitrogens with zero attached hydrogens (tertiary/aromatic N) is 3. The summed E-state index contributed by atoms with van der Waals surface area (Å²) in [6.07, 6.45) is 3.21. The molecule has 0 aromatic carbocycles. The van der Waals surface area contributed by atoms with Crippen molar-refractivity contribution in [3.63, 3.8) is 0 Å². The highest BCUT2D eigenvalue weighted by Gasteiger charge is 2.37. The summed E-state index contributed by atoms with van der Waals surface area (Å²) in [5, 5.41) is 7.46. The first-order valence-electron chi connectivity index (χ1n) is 6.26. The van der Waals surface area contributed by atoms with Crippen LogP contribution in [0.4, 0.5) is 0 Å². The Kier molecular flexibility index (Phi) is 3.72. The van der Waals surface area contributed by atoms with Crippen molar-refractivity contribution in [2.24, 2.45) is 0 Å². The highest BCUT2D eigenvalue weighted by molar-refractivity contribution is 7.91. The summed E-state index contributed by atoms with van der Waals surface area (Å²) in [5.74, 6) is 1.35. The van der Waals surface area contributed by atoms with Gasteiger partial charge in [0.15, 0.2) is 9.84 Å². The first-order valence-corrected chi connectivity index (χ1v) is 8.08. The van der Waals surface area contributed by atoms with E-state index in [1.54, 1.807) is 6.33 Å². The minimum atomic E-state index is -2.87. The van der Waals surface area contributed by atoms with E-state index in [4.69, 9.17) is 0 Å². The van der Waals surface area contributed by atoms with Crippen LogP contribution in [0.15, 0.2) is 6.33 Å². The molecule has 0 bridgehead atoms. The monoisotopic (exact) mass is 272 g/mol. The topological polar surface area (TPSA) is 76.9 Å². The van der Waals surface area contributed by atoms with Crippen LogP contribution < -0.4 is 5.32 Å². The van der Waals surface area contributed by atoms with E-state index in [2.05, 4.69) is 22.3 Å². The Morgan fingerprint density at radius 1 is 1.56 bits per heavy atom. The molecule has 2 heterocycles. The van der Waals surface area contributed by atoms with Gasteiger partial charge in [-0.25, -0.2) is 18.1 Å². The third-order valence-corrected chi connectivity index (χ3v) is 5.21. The minimum Gasteiger partial charge on any atom is -0.303 e. The van der Waals surface area contributed by atoms with Gasteiger partial charge in [0.25, 0.3) is 0 Å². The Hall–Kier alpha value is -0.950. The molecule has 1 aromatic rings. The fraction of sp³-hybridized carbons (Fsp3) is 0.818. The van der Waals surface area contributed by atoms with Crippen molar-refractivity contribution < 1.29 is 8.42 Å². The van der Waals surface area contributed by atoms with Crippen molar-refractivity contribution >= 4 is 9.84 Å². The lowest BCUT2D eigenvalue weighted by Gasteiger charge is -2.23. The van der Waals surface area contributed by atoms with Gasteiger partial charge in [0.2, 0.25) is 0 Å². The Labute approximate surface area is 108 Å². The fourth-order valence-electron chi connectivity index (χ4n) is 2.27. The molecule has 0 aliphatic carbocycles. The summed E-state index contributed by atoms with van der Waals surface area (Å²) in [7, 11) is -2.87. The second kappa shape index (κ2) is 4.97. The largest absolute Gasteiger partial charge is 0.303 e. The number of rotatable bonds is 5. The molecule has 1 aliphatic heterocycles. The first kappa shape index (κ1) is 13.5. The molecule has 7 heteroatoms. The van der Waals surface area contributed by atoms with Crippen LogP contribution in [0.1, 0.15) is 32.5 Å². The highest BCUT2D eigenvalue weighted by Crippen LogP contribution is 2.23. The zero-order valence-corrected chi connectivity index (χ0v) is 11.7. The number of aromatic nitrogens is 3. The van der Waals surface area contributed by atoms with Crippen molar-refractivity contribution in [3.8, 4) is 0 Å². The molecule has 1 unspecified atom stereocenters. The van der Waals surface area contributed by atoms with Gasteiger partial charge >= 0.3 is 0 Å². The van der Waals surface area contributed by atoms with Crippen LogP contribution in [0.25, 0.3) is 0 Å². The molecule has 0 spiro atoms. The van der Waals surface area contributed by atoms with E-state index in [-0.39, 0.29) is 17.0 Å². The molecule has 102 valence electrons. The molecular formula is C11H20N4O2S. The predicted molar refractivity (Wildman–Crippen MR) is 68.8 cm³/mol. The quantitative estimate of drug-likeness (QED) is 0.837. The Bertz CT molecular complexity index is 511. The molecule has 0 radical (unpaired) electrons. The molecular weight excluding hydrogens is 252 g/mol. The van der Waals surface area contributed by atoms with Crippen LogP contribution >= 0.6 is 0 Å². The molecule has 1 N–H and O–H groups in total. The van der Waals surface area contributed by atoms with Gasteiger partial charge in [-0.2, -0.15) is 5.10 Å². The van der Waals surface area contributed by atoms with E-state index in [0.29, 0.717) is 13.0 Å². The SMILES string of the molecule is CCCn1ncnc1CNC1(C)CCS(=O)(=O)C1. The number of sulfone groups is 1. The Balaban J connectivity index is 1.97. The Morgan fingerprint density at radius 2 is 2.33 bits per heavy atom. The van der Waals surface area contributed by atoms with E-state index in [1.165, 1.54) is 0 Å². The van der Waals surface area contributed by atoms with Crippen LogP contribution in [-0.2, 0) is 22.9 Å². The second-order valence-corrected chi connectivity index (χ2v) is 7.34. The van der Waals surface area contributed by atoms with E-state index >= 15 is 0 Å². The molecule has 1 atom stereocenters. The summed E-state index contributed by atoms with van der Waals surface area (Å²) in [4.78, 5) is 4.20.